The first kappa shape index (κ1) is 19.4. The van der Waals surface area contributed by atoms with Gasteiger partial charge in [-0.3, -0.25) is 4.90 Å². The molecular formula is C19H19F2N3O2S2. The van der Waals surface area contributed by atoms with E-state index in [1.54, 1.807) is 11.3 Å². The van der Waals surface area contributed by atoms with Crippen LogP contribution in [-0.2, 0) is 10.0 Å². The Bertz CT molecular complexity index is 1060. The molecule has 2 aromatic carbocycles. The largest absolute Gasteiger partial charge is 0.292 e. The zero-order valence-electron chi connectivity index (χ0n) is 15.2. The lowest BCUT2D eigenvalue weighted by Gasteiger charge is -2.36. The number of fused-ring (bicyclic) bond motifs is 1. The van der Waals surface area contributed by atoms with Gasteiger partial charge in [0.2, 0.25) is 10.0 Å². The molecule has 0 spiro atoms. The van der Waals surface area contributed by atoms with Crippen molar-refractivity contribution in [2.75, 3.05) is 26.2 Å². The molecule has 1 aliphatic rings. The first-order valence-corrected chi connectivity index (χ1v) is 11.2. The number of halogens is 2. The summed E-state index contributed by atoms with van der Waals surface area (Å²) in [6.45, 7) is 3.62. The van der Waals surface area contributed by atoms with Crippen molar-refractivity contribution in [3.63, 3.8) is 0 Å². The van der Waals surface area contributed by atoms with E-state index in [1.165, 1.54) is 4.31 Å². The van der Waals surface area contributed by atoms with Crippen molar-refractivity contribution in [1.29, 1.82) is 0 Å². The molecule has 0 radical (unpaired) electrons. The molecule has 148 valence electrons. The van der Waals surface area contributed by atoms with Crippen LogP contribution >= 0.6 is 11.3 Å². The Hall–Kier alpha value is -1.94. The predicted octanol–water partition coefficient (Wildman–Crippen LogP) is 3.64. The second kappa shape index (κ2) is 7.47. The average molecular weight is 424 g/mol. The summed E-state index contributed by atoms with van der Waals surface area (Å²) in [5.74, 6) is -1.80. The van der Waals surface area contributed by atoms with Gasteiger partial charge in [-0.05, 0) is 31.2 Å². The predicted molar refractivity (Wildman–Crippen MR) is 105 cm³/mol. The van der Waals surface area contributed by atoms with Crippen LogP contribution in [0.2, 0.25) is 0 Å². The van der Waals surface area contributed by atoms with Crippen LogP contribution in [-0.4, -0.2) is 48.8 Å². The fourth-order valence-corrected chi connectivity index (χ4v) is 5.90. The van der Waals surface area contributed by atoms with E-state index < -0.39 is 21.7 Å². The maximum atomic E-state index is 13.4. The monoisotopic (exact) mass is 423 g/mol. The second-order valence-corrected chi connectivity index (χ2v) is 9.74. The number of para-hydroxylation sites is 1. The zero-order chi connectivity index (χ0) is 19.9. The fourth-order valence-electron chi connectivity index (χ4n) is 3.38. The van der Waals surface area contributed by atoms with Gasteiger partial charge >= 0.3 is 0 Å². The van der Waals surface area contributed by atoms with Gasteiger partial charge in [-0.25, -0.2) is 22.2 Å². The molecule has 1 fully saturated rings. The van der Waals surface area contributed by atoms with Crippen LogP contribution in [0.5, 0.6) is 0 Å². The molecule has 0 N–H and O–H groups in total. The van der Waals surface area contributed by atoms with Crippen molar-refractivity contribution in [3.05, 3.63) is 59.1 Å². The first-order chi connectivity index (χ1) is 13.3. The van der Waals surface area contributed by atoms with Gasteiger partial charge in [-0.15, -0.1) is 11.3 Å². The summed E-state index contributed by atoms with van der Waals surface area (Å²) >= 11 is 1.64. The molecule has 0 bridgehead atoms. The molecule has 0 aliphatic carbocycles. The van der Waals surface area contributed by atoms with E-state index in [9.17, 15) is 17.2 Å². The van der Waals surface area contributed by atoms with Crippen LogP contribution < -0.4 is 0 Å². The first-order valence-electron chi connectivity index (χ1n) is 8.90. The van der Waals surface area contributed by atoms with Crippen LogP contribution in [0.4, 0.5) is 8.78 Å². The molecule has 28 heavy (non-hydrogen) atoms. The number of rotatable bonds is 4. The van der Waals surface area contributed by atoms with Gasteiger partial charge in [0.05, 0.1) is 21.2 Å². The number of thiazole rings is 1. The summed E-state index contributed by atoms with van der Waals surface area (Å²) in [6, 6.07) is 10.4. The standard InChI is InChI=1S/C19H19F2N3O2S2/c1-13(19-22-17-4-2-3-5-18(17)27-19)23-6-8-24(9-7-23)28(25,26)16-11-14(20)10-15(21)12-16/h2-5,10-13H,6-9H2,1H3/t13-/m0/s1. The SMILES string of the molecule is C[C@@H](c1nc2ccccc2s1)N1CCN(S(=O)(=O)c2cc(F)cc(F)c2)CC1. The summed E-state index contributed by atoms with van der Waals surface area (Å²) in [6.07, 6.45) is 0. The van der Waals surface area contributed by atoms with E-state index in [2.05, 4.69) is 16.8 Å². The number of piperazine rings is 1. The van der Waals surface area contributed by atoms with Gasteiger partial charge in [-0.1, -0.05) is 12.1 Å². The van der Waals surface area contributed by atoms with Crippen LogP contribution in [0.3, 0.4) is 0 Å². The second-order valence-electron chi connectivity index (χ2n) is 6.74. The molecule has 9 heteroatoms. The Morgan fingerprint density at radius 2 is 1.68 bits per heavy atom. The summed E-state index contributed by atoms with van der Waals surface area (Å²) in [5.41, 5.74) is 0.962. The van der Waals surface area contributed by atoms with E-state index >= 15 is 0 Å². The Morgan fingerprint density at radius 3 is 2.32 bits per heavy atom. The van der Waals surface area contributed by atoms with E-state index in [0.29, 0.717) is 19.2 Å². The third-order valence-electron chi connectivity index (χ3n) is 4.96. The highest BCUT2D eigenvalue weighted by molar-refractivity contribution is 7.89. The quantitative estimate of drug-likeness (QED) is 0.643. The van der Waals surface area contributed by atoms with Gasteiger partial charge < -0.3 is 0 Å². The Balaban J connectivity index is 1.47. The molecule has 1 aliphatic heterocycles. The fraction of sp³-hybridized carbons (Fsp3) is 0.316. The molecule has 1 saturated heterocycles. The van der Waals surface area contributed by atoms with Crippen LogP contribution in [0.15, 0.2) is 47.4 Å². The maximum Gasteiger partial charge on any atom is 0.243 e. The van der Waals surface area contributed by atoms with Crippen molar-refractivity contribution in [3.8, 4) is 0 Å². The van der Waals surface area contributed by atoms with Crippen molar-refractivity contribution < 1.29 is 17.2 Å². The highest BCUT2D eigenvalue weighted by Crippen LogP contribution is 2.30. The molecular weight excluding hydrogens is 404 g/mol. The number of nitrogens with zero attached hydrogens (tertiary/aromatic N) is 3. The third kappa shape index (κ3) is 3.67. The molecule has 1 atom stereocenters. The summed E-state index contributed by atoms with van der Waals surface area (Å²) < 4.78 is 54.7. The Kier molecular flexibility index (Phi) is 5.17. The number of hydrogen-bond acceptors (Lipinski definition) is 5. The van der Waals surface area contributed by atoms with E-state index in [4.69, 9.17) is 0 Å². The van der Waals surface area contributed by atoms with Gasteiger partial charge in [-0.2, -0.15) is 4.31 Å². The van der Waals surface area contributed by atoms with Crippen molar-refractivity contribution in [2.24, 2.45) is 0 Å². The lowest BCUT2D eigenvalue weighted by atomic mass is 10.2. The smallest absolute Gasteiger partial charge is 0.243 e. The molecule has 0 saturated carbocycles. The van der Waals surface area contributed by atoms with Crippen molar-refractivity contribution in [1.82, 2.24) is 14.2 Å². The third-order valence-corrected chi connectivity index (χ3v) is 8.05. The van der Waals surface area contributed by atoms with Crippen molar-refractivity contribution in [2.45, 2.75) is 17.9 Å². The van der Waals surface area contributed by atoms with Crippen LogP contribution in [0, 0.1) is 11.6 Å². The topological polar surface area (TPSA) is 53.5 Å². The van der Waals surface area contributed by atoms with Crippen molar-refractivity contribution >= 4 is 31.6 Å². The Morgan fingerprint density at radius 1 is 1.04 bits per heavy atom. The van der Waals surface area contributed by atoms with E-state index in [-0.39, 0.29) is 24.0 Å². The van der Waals surface area contributed by atoms with Crippen LogP contribution in [0.25, 0.3) is 10.2 Å². The summed E-state index contributed by atoms with van der Waals surface area (Å²) in [5, 5.41) is 0.990. The van der Waals surface area contributed by atoms with E-state index in [0.717, 1.165) is 27.4 Å². The highest BCUT2D eigenvalue weighted by Gasteiger charge is 2.31. The zero-order valence-corrected chi connectivity index (χ0v) is 16.8. The molecule has 0 amide bonds. The summed E-state index contributed by atoms with van der Waals surface area (Å²) in [7, 11) is -3.93. The van der Waals surface area contributed by atoms with E-state index in [1.807, 2.05) is 24.3 Å². The molecule has 5 nitrogen and oxygen atoms in total. The molecule has 3 aromatic rings. The molecule has 1 aromatic heterocycles. The lowest BCUT2D eigenvalue weighted by Crippen LogP contribution is -2.49. The normalized spacial score (nSPS) is 17.8. The lowest BCUT2D eigenvalue weighted by molar-refractivity contribution is 0.145. The average Bonchev–Trinajstić information content (AvgIpc) is 3.11. The number of hydrogen-bond donors (Lipinski definition) is 0. The minimum atomic E-state index is -3.93. The van der Waals surface area contributed by atoms with Gasteiger partial charge in [0.15, 0.2) is 0 Å². The number of benzene rings is 2. The van der Waals surface area contributed by atoms with Gasteiger partial charge in [0, 0.05) is 32.2 Å². The highest BCUT2D eigenvalue weighted by atomic mass is 32.2. The number of sulfonamides is 1. The summed E-state index contributed by atoms with van der Waals surface area (Å²) in [4.78, 5) is 6.51. The molecule has 2 heterocycles. The van der Waals surface area contributed by atoms with Gasteiger partial charge in [0.25, 0.3) is 0 Å². The number of aromatic nitrogens is 1. The molecule has 4 rings (SSSR count). The van der Waals surface area contributed by atoms with Crippen LogP contribution in [0.1, 0.15) is 18.0 Å². The molecule has 0 unspecified atom stereocenters. The van der Waals surface area contributed by atoms with Gasteiger partial charge in [0.1, 0.15) is 16.6 Å². The minimum absolute atomic E-state index is 0.0638. The Labute approximate surface area is 166 Å². The maximum absolute atomic E-state index is 13.4. The minimum Gasteiger partial charge on any atom is -0.292 e.